The summed E-state index contributed by atoms with van der Waals surface area (Å²) in [6.45, 7) is 14.3. The molecule has 4 aliphatic carbocycles. The van der Waals surface area contributed by atoms with Crippen LogP contribution in [0.1, 0.15) is 119 Å². The molecule has 0 aliphatic heterocycles. The second kappa shape index (κ2) is 12.3. The molecule has 7 unspecified atom stereocenters. The molecule has 0 heterocycles. The zero-order valence-electron chi connectivity index (χ0n) is 22.6. The lowest BCUT2D eigenvalue weighted by atomic mass is 9.47. The molecule has 0 aromatic heterocycles. The van der Waals surface area contributed by atoms with Gasteiger partial charge in [-0.25, -0.2) is 0 Å². The van der Waals surface area contributed by atoms with E-state index in [1.807, 2.05) is 13.8 Å². The number of unbranched alkanes of at least 4 members (excludes halogenated alkanes) is 1. The van der Waals surface area contributed by atoms with Crippen molar-refractivity contribution < 1.29 is 8.62 Å². The Bertz CT molecular complexity index is 633. The summed E-state index contributed by atoms with van der Waals surface area (Å²) in [7, 11) is 0. The van der Waals surface area contributed by atoms with E-state index < -0.39 is 0 Å². The van der Waals surface area contributed by atoms with Crippen molar-refractivity contribution >= 4 is 12.1 Å². The van der Waals surface area contributed by atoms with Gasteiger partial charge in [-0.3, -0.25) is 0 Å². The van der Waals surface area contributed by atoms with Crippen molar-refractivity contribution in [3.8, 4) is 0 Å². The Hall–Kier alpha value is -0.0200. The molecule has 0 bridgehead atoms. The van der Waals surface area contributed by atoms with Crippen molar-refractivity contribution in [2.75, 3.05) is 12.4 Å². The van der Waals surface area contributed by atoms with Crippen LogP contribution in [-0.4, -0.2) is 18.5 Å². The highest BCUT2D eigenvalue weighted by molar-refractivity contribution is 7.94. The number of fused-ring (bicyclic) bond motifs is 5. The van der Waals surface area contributed by atoms with Crippen LogP contribution in [0.25, 0.3) is 0 Å². The Morgan fingerprint density at radius 2 is 1.88 bits per heavy atom. The van der Waals surface area contributed by atoms with Crippen molar-refractivity contribution in [3.63, 3.8) is 0 Å². The number of halogens is 1. The minimum absolute atomic E-state index is 0.118. The second-order valence-electron chi connectivity index (χ2n) is 12.1. The highest BCUT2D eigenvalue weighted by Gasteiger charge is 2.59. The Morgan fingerprint density at radius 3 is 2.58 bits per heavy atom. The van der Waals surface area contributed by atoms with Crippen LogP contribution in [0.4, 0.5) is 3.89 Å². The molecular formula is C30H53FOS. The van der Waals surface area contributed by atoms with E-state index in [0.717, 1.165) is 49.5 Å². The van der Waals surface area contributed by atoms with Gasteiger partial charge in [-0.2, -0.15) is 3.89 Å². The first-order chi connectivity index (χ1) is 15.9. The average molecular weight is 481 g/mol. The monoisotopic (exact) mass is 480 g/mol. The summed E-state index contributed by atoms with van der Waals surface area (Å²) < 4.78 is 19.9. The Kier molecular flexibility index (Phi) is 10.3. The minimum atomic E-state index is 0.118. The van der Waals surface area contributed by atoms with Gasteiger partial charge in [0.2, 0.25) is 0 Å². The third-order valence-electron chi connectivity index (χ3n) is 10.3. The van der Waals surface area contributed by atoms with E-state index in [9.17, 15) is 3.89 Å². The summed E-state index contributed by atoms with van der Waals surface area (Å²) >= 11 is 0.614. The largest absolute Gasteiger partial charge is 0.378 e. The summed E-state index contributed by atoms with van der Waals surface area (Å²) in [5.74, 6) is 4.81. The minimum Gasteiger partial charge on any atom is -0.378 e. The van der Waals surface area contributed by atoms with Crippen LogP contribution in [0.2, 0.25) is 0 Å². The summed E-state index contributed by atoms with van der Waals surface area (Å²) in [4.78, 5) is 0. The maximum absolute atomic E-state index is 13.8. The van der Waals surface area contributed by atoms with Gasteiger partial charge in [-0.15, -0.1) is 0 Å². The molecule has 0 aromatic rings. The third-order valence-corrected chi connectivity index (χ3v) is 10.9. The van der Waals surface area contributed by atoms with E-state index in [4.69, 9.17) is 4.74 Å². The first kappa shape index (κ1) is 27.6. The van der Waals surface area contributed by atoms with Crippen LogP contribution in [0.5, 0.6) is 0 Å². The fourth-order valence-corrected chi connectivity index (χ4v) is 9.43. The van der Waals surface area contributed by atoms with E-state index >= 15 is 0 Å². The molecule has 0 saturated heterocycles. The Morgan fingerprint density at radius 1 is 1.09 bits per heavy atom. The van der Waals surface area contributed by atoms with Gasteiger partial charge < -0.3 is 4.74 Å². The SMILES string of the molecule is CC.CCOC1CCC2(CSF)C(=CCC3C2CCC2(C)C(CCCCC(C)C)CCC32)C1. The van der Waals surface area contributed by atoms with Crippen molar-refractivity contribution in [3.05, 3.63) is 11.6 Å². The second-order valence-corrected chi connectivity index (χ2v) is 12.6. The average Bonchev–Trinajstić information content (AvgIpc) is 3.15. The van der Waals surface area contributed by atoms with Gasteiger partial charge in [0, 0.05) is 29.9 Å². The fourth-order valence-electron chi connectivity index (χ4n) is 8.69. The molecular weight excluding hydrogens is 427 g/mol. The first-order valence-corrected chi connectivity index (χ1v) is 15.4. The molecule has 4 rings (SSSR count). The lowest BCUT2D eigenvalue weighted by Crippen LogP contribution is -2.52. The third kappa shape index (κ3) is 5.55. The Balaban J connectivity index is 0.00000149. The highest BCUT2D eigenvalue weighted by atomic mass is 32.2. The number of hydrogen-bond acceptors (Lipinski definition) is 2. The molecule has 0 N–H and O–H groups in total. The van der Waals surface area contributed by atoms with E-state index in [2.05, 4.69) is 33.8 Å². The van der Waals surface area contributed by atoms with Crippen LogP contribution in [0.3, 0.4) is 0 Å². The molecule has 7 atom stereocenters. The standard InChI is InChI=1S/C28H47FOS.C2H6/c1-5-30-23-14-17-28(19-31-29)22(18-23)10-12-24-25-13-11-21(9-7-6-8-20(2)3)27(25,4)16-15-26(24)28;1-2/h10,20-21,23-26H,5-9,11-19H2,1-4H3;1-2H3. The number of allylic oxidation sites excluding steroid dienone is 1. The van der Waals surface area contributed by atoms with Crippen LogP contribution >= 0.6 is 12.1 Å². The maximum atomic E-state index is 13.8. The molecule has 4 aliphatic rings. The zero-order valence-corrected chi connectivity index (χ0v) is 23.5. The van der Waals surface area contributed by atoms with E-state index in [0.29, 0.717) is 35.3 Å². The molecule has 0 radical (unpaired) electrons. The van der Waals surface area contributed by atoms with Crippen molar-refractivity contribution in [2.24, 2.45) is 40.4 Å². The molecule has 33 heavy (non-hydrogen) atoms. The predicted molar refractivity (Wildman–Crippen MR) is 143 cm³/mol. The smallest absolute Gasteiger partial charge is 0.0612 e. The van der Waals surface area contributed by atoms with Gasteiger partial charge in [0.15, 0.2) is 0 Å². The van der Waals surface area contributed by atoms with Crippen LogP contribution in [0, 0.1) is 40.4 Å². The van der Waals surface area contributed by atoms with Crippen LogP contribution in [-0.2, 0) is 4.74 Å². The highest BCUT2D eigenvalue weighted by Crippen LogP contribution is 2.67. The molecule has 1 nitrogen and oxygen atoms in total. The molecule has 192 valence electrons. The zero-order chi connectivity index (χ0) is 24.1. The van der Waals surface area contributed by atoms with E-state index in [1.165, 1.54) is 57.8 Å². The number of rotatable bonds is 9. The molecule has 0 spiro atoms. The van der Waals surface area contributed by atoms with E-state index in [1.54, 1.807) is 5.57 Å². The molecule has 3 saturated carbocycles. The normalized spacial score (nSPS) is 39.8. The van der Waals surface area contributed by atoms with Crippen LogP contribution in [0.15, 0.2) is 11.6 Å². The van der Waals surface area contributed by atoms with Gasteiger partial charge >= 0.3 is 0 Å². The maximum Gasteiger partial charge on any atom is 0.0612 e. The lowest BCUT2D eigenvalue weighted by Gasteiger charge is -2.59. The molecule has 3 heteroatoms. The molecule has 0 aromatic carbocycles. The van der Waals surface area contributed by atoms with Gasteiger partial charge in [0.05, 0.1) is 6.10 Å². The van der Waals surface area contributed by atoms with Gasteiger partial charge in [0.1, 0.15) is 0 Å². The summed E-state index contributed by atoms with van der Waals surface area (Å²) in [6.07, 6.45) is 18.7. The fraction of sp³-hybridized carbons (Fsp3) is 0.933. The van der Waals surface area contributed by atoms with Crippen molar-refractivity contribution in [1.29, 1.82) is 0 Å². The van der Waals surface area contributed by atoms with Gasteiger partial charge in [0.25, 0.3) is 0 Å². The summed E-state index contributed by atoms with van der Waals surface area (Å²) in [5.41, 5.74) is 2.22. The number of ether oxygens (including phenoxy) is 1. The van der Waals surface area contributed by atoms with Crippen molar-refractivity contribution in [2.45, 2.75) is 125 Å². The van der Waals surface area contributed by atoms with Crippen molar-refractivity contribution in [1.82, 2.24) is 0 Å². The topological polar surface area (TPSA) is 9.23 Å². The predicted octanol–water partition coefficient (Wildman–Crippen LogP) is 9.81. The first-order valence-electron chi connectivity index (χ1n) is 14.5. The molecule has 0 amide bonds. The lowest BCUT2D eigenvalue weighted by molar-refractivity contribution is -0.0561. The van der Waals surface area contributed by atoms with Crippen LogP contribution < -0.4 is 0 Å². The Labute approximate surface area is 209 Å². The molecule has 3 fully saturated rings. The van der Waals surface area contributed by atoms with Gasteiger partial charge in [-0.05, 0) is 99.7 Å². The van der Waals surface area contributed by atoms with Gasteiger partial charge in [-0.1, -0.05) is 65.5 Å². The summed E-state index contributed by atoms with van der Waals surface area (Å²) in [5, 5.41) is 0. The van der Waals surface area contributed by atoms with E-state index in [-0.39, 0.29) is 5.41 Å². The quantitative estimate of drug-likeness (QED) is 0.240. The summed E-state index contributed by atoms with van der Waals surface area (Å²) in [6, 6.07) is 0. The number of hydrogen-bond donors (Lipinski definition) is 0.